The van der Waals surface area contributed by atoms with Crippen molar-refractivity contribution in [2.75, 3.05) is 32.8 Å². The summed E-state index contributed by atoms with van der Waals surface area (Å²) in [5.41, 5.74) is 0. The normalized spacial score (nSPS) is 17.6. The Bertz CT molecular complexity index is 407. The number of nitrogens with one attached hydrogen (secondary N) is 1. The second kappa shape index (κ2) is 6.38. The monoisotopic (exact) mass is 290 g/mol. The van der Waals surface area contributed by atoms with Gasteiger partial charge >= 0.3 is 6.03 Å². The number of morpholine rings is 1. The van der Waals surface area contributed by atoms with Crippen LogP contribution in [-0.2, 0) is 4.74 Å². The Hall–Kier alpha value is -0.820. The fourth-order valence-corrected chi connectivity index (χ4v) is 2.72. The van der Waals surface area contributed by atoms with Gasteiger partial charge in [-0.15, -0.1) is 11.3 Å². The Morgan fingerprint density at radius 3 is 2.89 bits per heavy atom. The van der Waals surface area contributed by atoms with Crippen LogP contribution in [0.1, 0.15) is 11.0 Å². The fourth-order valence-electron chi connectivity index (χ4n) is 1.67. The van der Waals surface area contributed by atoms with Crippen molar-refractivity contribution in [1.82, 2.24) is 10.2 Å². The van der Waals surface area contributed by atoms with Gasteiger partial charge in [0, 0.05) is 18.0 Å². The molecular weight excluding hydrogens is 276 g/mol. The number of carbonyl (C=O) groups excluding carboxylic acids is 1. The topological polar surface area (TPSA) is 61.8 Å². The second-order valence-corrected chi connectivity index (χ2v) is 5.69. The molecule has 100 valence electrons. The van der Waals surface area contributed by atoms with Gasteiger partial charge in [0.05, 0.1) is 24.1 Å². The largest absolute Gasteiger partial charge is 0.386 e. The van der Waals surface area contributed by atoms with Gasteiger partial charge in [-0.1, -0.05) is 11.6 Å². The Morgan fingerprint density at radius 1 is 1.56 bits per heavy atom. The van der Waals surface area contributed by atoms with E-state index in [0.29, 0.717) is 30.6 Å². The second-order valence-electron chi connectivity index (χ2n) is 3.94. The third kappa shape index (κ3) is 3.58. The Balaban J connectivity index is 1.78. The van der Waals surface area contributed by atoms with E-state index in [4.69, 9.17) is 16.3 Å². The van der Waals surface area contributed by atoms with E-state index >= 15 is 0 Å². The standard InChI is InChI=1S/C11H15ClN2O3S/c12-10-2-1-9(18-10)8(15)7-13-11(16)14-3-5-17-6-4-14/h1-2,8,15H,3-7H2,(H,13,16). The highest BCUT2D eigenvalue weighted by atomic mass is 35.5. The summed E-state index contributed by atoms with van der Waals surface area (Å²) in [7, 11) is 0. The minimum Gasteiger partial charge on any atom is -0.386 e. The van der Waals surface area contributed by atoms with Gasteiger partial charge in [-0.2, -0.15) is 0 Å². The van der Waals surface area contributed by atoms with Gasteiger partial charge in [0.2, 0.25) is 0 Å². The number of rotatable bonds is 3. The van der Waals surface area contributed by atoms with E-state index < -0.39 is 6.10 Å². The summed E-state index contributed by atoms with van der Waals surface area (Å²) < 4.78 is 5.79. The molecule has 0 saturated carbocycles. The van der Waals surface area contributed by atoms with E-state index in [2.05, 4.69) is 5.32 Å². The van der Waals surface area contributed by atoms with Crippen molar-refractivity contribution >= 4 is 29.0 Å². The number of aliphatic hydroxyl groups is 1. The zero-order valence-corrected chi connectivity index (χ0v) is 11.3. The number of ether oxygens (including phenoxy) is 1. The van der Waals surface area contributed by atoms with Crippen molar-refractivity contribution < 1.29 is 14.6 Å². The first kappa shape index (κ1) is 13.6. The average molecular weight is 291 g/mol. The highest BCUT2D eigenvalue weighted by Crippen LogP contribution is 2.26. The van der Waals surface area contributed by atoms with E-state index in [9.17, 15) is 9.90 Å². The van der Waals surface area contributed by atoms with Gasteiger partial charge in [-0.3, -0.25) is 0 Å². The van der Waals surface area contributed by atoms with Crippen LogP contribution in [0, 0.1) is 0 Å². The molecule has 5 nitrogen and oxygen atoms in total. The van der Waals surface area contributed by atoms with Crippen molar-refractivity contribution in [3.05, 3.63) is 21.3 Å². The van der Waals surface area contributed by atoms with Crippen LogP contribution < -0.4 is 5.32 Å². The molecule has 1 saturated heterocycles. The molecule has 0 aromatic carbocycles. The number of hydrogen-bond donors (Lipinski definition) is 2. The maximum Gasteiger partial charge on any atom is 0.317 e. The van der Waals surface area contributed by atoms with Crippen LogP contribution in [-0.4, -0.2) is 48.9 Å². The van der Waals surface area contributed by atoms with Crippen LogP contribution in [0.25, 0.3) is 0 Å². The molecule has 7 heteroatoms. The van der Waals surface area contributed by atoms with Gasteiger partial charge in [-0.25, -0.2) is 4.79 Å². The molecule has 2 N–H and O–H groups in total. The molecule has 1 fully saturated rings. The fraction of sp³-hybridized carbons (Fsp3) is 0.545. The number of nitrogens with zero attached hydrogens (tertiary/aromatic N) is 1. The first-order valence-corrected chi connectivity index (χ1v) is 6.90. The molecule has 0 aliphatic carbocycles. The Kier molecular flexibility index (Phi) is 4.82. The summed E-state index contributed by atoms with van der Waals surface area (Å²) >= 11 is 7.10. The van der Waals surface area contributed by atoms with Gasteiger partial charge in [0.15, 0.2) is 0 Å². The van der Waals surface area contributed by atoms with Gasteiger partial charge in [-0.05, 0) is 12.1 Å². The Labute approximate surface area is 114 Å². The predicted octanol–water partition coefficient (Wildman–Crippen LogP) is 1.48. The molecule has 1 aromatic heterocycles. The summed E-state index contributed by atoms with van der Waals surface area (Å²) in [4.78, 5) is 14.2. The molecule has 1 atom stereocenters. The van der Waals surface area contributed by atoms with Gasteiger partial charge in [0.1, 0.15) is 6.10 Å². The van der Waals surface area contributed by atoms with Crippen LogP contribution in [0.4, 0.5) is 4.79 Å². The number of amides is 2. The molecular formula is C11H15ClN2O3S. The molecule has 1 aliphatic rings. The molecule has 2 heterocycles. The maximum atomic E-state index is 11.8. The van der Waals surface area contributed by atoms with Crippen LogP contribution in [0.5, 0.6) is 0 Å². The zero-order valence-electron chi connectivity index (χ0n) is 9.76. The lowest BCUT2D eigenvalue weighted by Gasteiger charge is -2.27. The summed E-state index contributed by atoms with van der Waals surface area (Å²) in [5.74, 6) is 0. The third-order valence-corrected chi connectivity index (χ3v) is 4.00. The smallest absolute Gasteiger partial charge is 0.317 e. The SMILES string of the molecule is O=C(NCC(O)c1ccc(Cl)s1)N1CCOCC1. The molecule has 1 unspecified atom stereocenters. The number of halogens is 1. The van der Waals surface area contributed by atoms with Crippen molar-refractivity contribution in [3.8, 4) is 0 Å². The van der Waals surface area contributed by atoms with E-state index in [1.165, 1.54) is 11.3 Å². The van der Waals surface area contributed by atoms with E-state index in [-0.39, 0.29) is 12.6 Å². The van der Waals surface area contributed by atoms with E-state index in [1.54, 1.807) is 17.0 Å². The van der Waals surface area contributed by atoms with Crippen LogP contribution in [0.15, 0.2) is 12.1 Å². The Morgan fingerprint density at radius 2 is 2.28 bits per heavy atom. The quantitative estimate of drug-likeness (QED) is 0.886. The number of hydrogen-bond acceptors (Lipinski definition) is 4. The highest BCUT2D eigenvalue weighted by molar-refractivity contribution is 7.16. The number of thiophene rings is 1. The van der Waals surface area contributed by atoms with Crippen molar-refractivity contribution in [2.45, 2.75) is 6.10 Å². The first-order valence-electron chi connectivity index (χ1n) is 5.70. The summed E-state index contributed by atoms with van der Waals surface area (Å²) in [6.45, 7) is 2.50. The van der Waals surface area contributed by atoms with Crippen LogP contribution >= 0.6 is 22.9 Å². The number of urea groups is 1. The van der Waals surface area contributed by atoms with Crippen molar-refractivity contribution in [2.24, 2.45) is 0 Å². The lowest BCUT2D eigenvalue weighted by atomic mass is 10.3. The molecule has 2 amide bonds. The molecule has 1 aromatic rings. The van der Waals surface area contributed by atoms with Gasteiger partial charge in [0.25, 0.3) is 0 Å². The first-order chi connectivity index (χ1) is 8.66. The zero-order chi connectivity index (χ0) is 13.0. The number of carbonyl (C=O) groups is 1. The minimum absolute atomic E-state index is 0.167. The third-order valence-electron chi connectivity index (χ3n) is 2.67. The van der Waals surface area contributed by atoms with Crippen molar-refractivity contribution in [3.63, 3.8) is 0 Å². The molecule has 0 bridgehead atoms. The molecule has 1 aliphatic heterocycles. The molecule has 2 rings (SSSR count). The predicted molar refractivity (Wildman–Crippen MR) is 70.1 cm³/mol. The molecule has 0 radical (unpaired) electrons. The molecule has 0 spiro atoms. The highest BCUT2D eigenvalue weighted by Gasteiger charge is 2.18. The summed E-state index contributed by atoms with van der Waals surface area (Å²) in [6, 6.07) is 3.33. The summed E-state index contributed by atoms with van der Waals surface area (Å²) in [5, 5.41) is 12.6. The average Bonchev–Trinajstić information content (AvgIpc) is 2.83. The summed E-state index contributed by atoms with van der Waals surface area (Å²) in [6.07, 6.45) is -0.715. The maximum absolute atomic E-state index is 11.8. The van der Waals surface area contributed by atoms with E-state index in [0.717, 1.165) is 4.88 Å². The van der Waals surface area contributed by atoms with Crippen LogP contribution in [0.2, 0.25) is 4.34 Å². The van der Waals surface area contributed by atoms with Crippen molar-refractivity contribution in [1.29, 1.82) is 0 Å². The minimum atomic E-state index is -0.715. The lowest BCUT2D eigenvalue weighted by molar-refractivity contribution is 0.0522. The number of aliphatic hydroxyl groups excluding tert-OH is 1. The molecule has 18 heavy (non-hydrogen) atoms. The van der Waals surface area contributed by atoms with E-state index in [1.807, 2.05) is 0 Å². The van der Waals surface area contributed by atoms with Crippen LogP contribution in [0.3, 0.4) is 0 Å². The van der Waals surface area contributed by atoms with Gasteiger partial charge < -0.3 is 20.1 Å². The lowest BCUT2D eigenvalue weighted by Crippen LogP contribution is -2.47.